The number of nitrogens with zero attached hydrogens (tertiary/aromatic N) is 3. The zero-order valence-electron chi connectivity index (χ0n) is 16.1. The van der Waals surface area contributed by atoms with Crippen molar-refractivity contribution >= 4 is 44.5 Å². The SMILES string of the molecule is CCOc1cc([C@H]2N=c3ccccc3=C3C(=O)NC(SC)=NN32)cc(Br)c1OC. The molecule has 2 aliphatic rings. The van der Waals surface area contributed by atoms with Crippen LogP contribution >= 0.6 is 27.7 Å². The average molecular weight is 475 g/mol. The molecule has 9 heteroatoms. The Hall–Kier alpha value is -2.52. The lowest BCUT2D eigenvalue weighted by Crippen LogP contribution is -2.50. The largest absolute Gasteiger partial charge is 0.492 e. The van der Waals surface area contributed by atoms with E-state index in [2.05, 4.69) is 26.3 Å². The van der Waals surface area contributed by atoms with Crippen molar-refractivity contribution in [2.75, 3.05) is 20.0 Å². The predicted molar refractivity (Wildman–Crippen MR) is 116 cm³/mol. The van der Waals surface area contributed by atoms with E-state index in [-0.39, 0.29) is 5.91 Å². The van der Waals surface area contributed by atoms with Crippen molar-refractivity contribution in [3.63, 3.8) is 0 Å². The molecule has 2 aromatic rings. The molecule has 150 valence electrons. The molecule has 2 aromatic carbocycles. The molecule has 0 bridgehead atoms. The lowest BCUT2D eigenvalue weighted by Gasteiger charge is -2.34. The van der Waals surface area contributed by atoms with Gasteiger partial charge in [0.25, 0.3) is 5.91 Å². The van der Waals surface area contributed by atoms with E-state index < -0.39 is 6.17 Å². The van der Waals surface area contributed by atoms with Crippen molar-refractivity contribution in [1.29, 1.82) is 0 Å². The van der Waals surface area contributed by atoms with Gasteiger partial charge in [-0.15, -0.1) is 5.10 Å². The molecule has 0 saturated heterocycles. The van der Waals surface area contributed by atoms with Crippen LogP contribution in [-0.4, -0.2) is 36.1 Å². The lowest BCUT2D eigenvalue weighted by atomic mass is 10.1. The van der Waals surface area contributed by atoms with E-state index in [1.54, 1.807) is 12.1 Å². The van der Waals surface area contributed by atoms with E-state index in [0.29, 0.717) is 29.0 Å². The molecule has 0 fully saturated rings. The normalized spacial score (nSPS) is 17.6. The maximum Gasteiger partial charge on any atom is 0.276 e. The fraction of sp³-hybridized carbons (Fsp3) is 0.250. The number of hydrogen-bond acceptors (Lipinski definition) is 7. The summed E-state index contributed by atoms with van der Waals surface area (Å²) in [5, 5.41) is 11.2. The summed E-state index contributed by atoms with van der Waals surface area (Å²) in [4.78, 5) is 17.8. The number of benzene rings is 2. The molecule has 0 aromatic heterocycles. The summed E-state index contributed by atoms with van der Waals surface area (Å²) in [6, 6.07) is 11.4. The van der Waals surface area contributed by atoms with Gasteiger partial charge in [-0.2, -0.15) is 0 Å². The van der Waals surface area contributed by atoms with E-state index in [0.717, 1.165) is 20.6 Å². The van der Waals surface area contributed by atoms with Crippen LogP contribution in [0.5, 0.6) is 11.5 Å². The molecule has 0 unspecified atom stereocenters. The molecule has 1 atom stereocenters. The number of carbonyl (C=O) groups is 1. The van der Waals surface area contributed by atoms with Crippen LogP contribution in [0.4, 0.5) is 0 Å². The van der Waals surface area contributed by atoms with Gasteiger partial charge in [-0.05, 0) is 47.3 Å². The zero-order chi connectivity index (χ0) is 20.5. The molecule has 2 heterocycles. The Morgan fingerprint density at radius 3 is 2.83 bits per heavy atom. The minimum Gasteiger partial charge on any atom is -0.492 e. The fourth-order valence-electron chi connectivity index (χ4n) is 3.33. The second-order valence-electron chi connectivity index (χ2n) is 6.24. The molecule has 0 aliphatic carbocycles. The number of amides is 1. The van der Waals surface area contributed by atoms with Gasteiger partial charge in [0.1, 0.15) is 5.70 Å². The Morgan fingerprint density at radius 1 is 1.31 bits per heavy atom. The summed E-state index contributed by atoms with van der Waals surface area (Å²) in [5.74, 6) is 1.01. The smallest absolute Gasteiger partial charge is 0.276 e. The molecule has 29 heavy (non-hydrogen) atoms. The number of methoxy groups -OCH3 is 1. The van der Waals surface area contributed by atoms with Crippen molar-refractivity contribution in [3.8, 4) is 11.5 Å². The second-order valence-corrected chi connectivity index (χ2v) is 7.89. The van der Waals surface area contributed by atoms with Crippen molar-refractivity contribution in [2.45, 2.75) is 13.1 Å². The molecule has 0 saturated carbocycles. The Bertz CT molecular complexity index is 1140. The van der Waals surface area contributed by atoms with Crippen LogP contribution in [0, 0.1) is 0 Å². The van der Waals surface area contributed by atoms with Crippen LogP contribution in [0.2, 0.25) is 0 Å². The highest BCUT2D eigenvalue weighted by Crippen LogP contribution is 2.40. The summed E-state index contributed by atoms with van der Waals surface area (Å²) in [7, 11) is 1.60. The van der Waals surface area contributed by atoms with Gasteiger partial charge in [0.15, 0.2) is 22.8 Å². The first-order valence-electron chi connectivity index (χ1n) is 8.98. The van der Waals surface area contributed by atoms with Gasteiger partial charge in [-0.1, -0.05) is 30.0 Å². The maximum absolute atomic E-state index is 12.9. The number of rotatable bonds is 4. The predicted octanol–water partition coefficient (Wildman–Crippen LogP) is 2.36. The third kappa shape index (κ3) is 3.49. The number of ether oxygens (including phenoxy) is 2. The minimum atomic E-state index is -0.519. The third-order valence-corrected chi connectivity index (χ3v) is 5.70. The van der Waals surface area contributed by atoms with Gasteiger partial charge in [-0.25, -0.2) is 5.01 Å². The summed E-state index contributed by atoms with van der Waals surface area (Å²) < 4.78 is 12.0. The Labute approximate surface area is 180 Å². The third-order valence-electron chi connectivity index (χ3n) is 4.54. The van der Waals surface area contributed by atoms with Gasteiger partial charge in [0.2, 0.25) is 0 Å². The van der Waals surface area contributed by atoms with Gasteiger partial charge < -0.3 is 9.47 Å². The molecule has 1 amide bonds. The average Bonchev–Trinajstić information content (AvgIpc) is 2.72. The number of nitrogens with one attached hydrogen (secondary N) is 1. The fourth-order valence-corrected chi connectivity index (χ4v) is 4.32. The number of halogens is 1. The maximum atomic E-state index is 12.9. The standard InChI is InChI=1S/C20H19BrN4O3S/c1-4-28-15-10-11(9-13(21)17(15)27-2)18-22-14-8-6-5-7-12(14)16-19(26)23-20(29-3)24-25(16)18/h5-10,18H,4H2,1-3H3,(H,23,24,26)/t18-/m0/s1. The monoisotopic (exact) mass is 474 g/mol. The number of para-hydroxylation sites is 1. The van der Waals surface area contributed by atoms with E-state index in [1.807, 2.05) is 49.6 Å². The highest BCUT2D eigenvalue weighted by molar-refractivity contribution is 9.10. The Balaban J connectivity index is 1.95. The van der Waals surface area contributed by atoms with Crippen molar-refractivity contribution in [2.24, 2.45) is 10.1 Å². The van der Waals surface area contributed by atoms with Crippen molar-refractivity contribution in [1.82, 2.24) is 10.3 Å². The quantitative estimate of drug-likeness (QED) is 0.735. The van der Waals surface area contributed by atoms with Crippen molar-refractivity contribution < 1.29 is 14.3 Å². The van der Waals surface area contributed by atoms with Crippen LogP contribution in [0.1, 0.15) is 18.7 Å². The number of thioether (sulfide) groups is 1. The highest BCUT2D eigenvalue weighted by Gasteiger charge is 2.34. The van der Waals surface area contributed by atoms with E-state index in [4.69, 9.17) is 14.5 Å². The van der Waals surface area contributed by atoms with Gasteiger partial charge in [0, 0.05) is 10.8 Å². The number of hydrogen-bond donors (Lipinski definition) is 1. The molecule has 0 radical (unpaired) electrons. The molecule has 2 aliphatic heterocycles. The van der Waals surface area contributed by atoms with Gasteiger partial charge >= 0.3 is 0 Å². The topological polar surface area (TPSA) is 75.5 Å². The van der Waals surface area contributed by atoms with Gasteiger partial charge in [0.05, 0.1) is 23.5 Å². The lowest BCUT2D eigenvalue weighted by molar-refractivity contribution is -0.116. The molecular formula is C20H19BrN4O3S. The number of hydrazone groups is 1. The molecule has 1 N–H and O–H groups in total. The molecule has 4 rings (SSSR count). The van der Waals surface area contributed by atoms with Crippen LogP contribution in [0.15, 0.2) is 51.0 Å². The summed E-state index contributed by atoms with van der Waals surface area (Å²) in [6.07, 6.45) is 1.35. The van der Waals surface area contributed by atoms with E-state index in [9.17, 15) is 4.79 Å². The molecule has 7 nitrogen and oxygen atoms in total. The first kappa shape index (κ1) is 19.8. The second kappa shape index (κ2) is 8.08. The highest BCUT2D eigenvalue weighted by atomic mass is 79.9. The van der Waals surface area contributed by atoms with Crippen molar-refractivity contribution in [3.05, 3.63) is 57.0 Å². The Kier molecular flexibility index (Phi) is 5.51. The summed E-state index contributed by atoms with van der Waals surface area (Å²) in [5.41, 5.74) is 1.30. The summed E-state index contributed by atoms with van der Waals surface area (Å²) in [6.45, 7) is 2.41. The number of fused-ring (bicyclic) bond motifs is 2. The molecule has 0 spiro atoms. The van der Waals surface area contributed by atoms with Crippen LogP contribution in [0.3, 0.4) is 0 Å². The van der Waals surface area contributed by atoms with E-state index in [1.165, 1.54) is 11.8 Å². The summed E-state index contributed by atoms with van der Waals surface area (Å²) >= 11 is 4.93. The molecular weight excluding hydrogens is 456 g/mol. The minimum absolute atomic E-state index is 0.200. The zero-order valence-corrected chi connectivity index (χ0v) is 18.5. The number of carbonyl (C=O) groups excluding carboxylic acids is 1. The van der Waals surface area contributed by atoms with Crippen LogP contribution in [0.25, 0.3) is 5.70 Å². The first-order chi connectivity index (χ1) is 14.1. The van der Waals surface area contributed by atoms with Crippen LogP contribution in [-0.2, 0) is 4.79 Å². The van der Waals surface area contributed by atoms with Crippen LogP contribution < -0.4 is 25.4 Å². The van der Waals surface area contributed by atoms with E-state index >= 15 is 0 Å². The van der Waals surface area contributed by atoms with Gasteiger partial charge in [-0.3, -0.25) is 15.1 Å². The Morgan fingerprint density at radius 2 is 2.10 bits per heavy atom. The first-order valence-corrected chi connectivity index (χ1v) is 11.0. The number of amidine groups is 1.